The van der Waals surface area contributed by atoms with Gasteiger partial charge in [0, 0.05) is 27.2 Å². The Morgan fingerprint density at radius 3 is 2.34 bits per heavy atom. The number of pyridine rings is 1. The van der Waals surface area contributed by atoms with Gasteiger partial charge in [0.05, 0.1) is 11.4 Å². The summed E-state index contributed by atoms with van der Waals surface area (Å²) in [5.74, 6) is -0.0623. The molecular formula is C28H22N4OS2. The first-order valence-electron chi connectivity index (χ1n) is 11.4. The van der Waals surface area contributed by atoms with Crippen LogP contribution in [-0.4, -0.2) is 21.9 Å². The third-order valence-corrected chi connectivity index (χ3v) is 8.37. The molecule has 0 aliphatic carbocycles. The van der Waals surface area contributed by atoms with Crippen LogP contribution >= 0.6 is 23.1 Å². The normalized spacial score (nSPS) is 13.3. The topological polar surface area (TPSA) is 58.1 Å². The van der Waals surface area contributed by atoms with E-state index in [1.165, 1.54) is 0 Å². The summed E-state index contributed by atoms with van der Waals surface area (Å²) in [6.45, 7) is 3.98. The van der Waals surface area contributed by atoms with Crippen molar-refractivity contribution in [2.75, 3.05) is 10.2 Å². The van der Waals surface area contributed by atoms with Crippen molar-refractivity contribution in [3.63, 3.8) is 0 Å². The molecule has 1 aliphatic rings. The summed E-state index contributed by atoms with van der Waals surface area (Å²) in [5, 5.41) is 4.09. The van der Waals surface area contributed by atoms with E-state index in [9.17, 15) is 4.79 Å². The number of amides is 1. The molecule has 6 rings (SSSR count). The Hall–Kier alpha value is -3.68. The van der Waals surface area contributed by atoms with E-state index in [1.807, 2.05) is 68.4 Å². The lowest BCUT2D eigenvalue weighted by Gasteiger charge is -2.36. The fourth-order valence-electron chi connectivity index (χ4n) is 4.39. The second kappa shape index (κ2) is 8.83. The number of nitrogens with one attached hydrogen (secondary N) is 1. The number of nitrogens with zero attached hydrogens (tertiary/aromatic N) is 3. The third-order valence-electron chi connectivity index (χ3n) is 6.22. The molecule has 0 saturated carbocycles. The van der Waals surface area contributed by atoms with Gasteiger partial charge in [-0.3, -0.25) is 4.79 Å². The zero-order chi connectivity index (χ0) is 23.9. The van der Waals surface area contributed by atoms with Crippen LogP contribution in [0.3, 0.4) is 0 Å². The maximum Gasteiger partial charge on any atom is 0.247 e. The van der Waals surface area contributed by atoms with Crippen LogP contribution in [-0.2, 0) is 4.79 Å². The molecule has 172 valence electrons. The molecule has 0 fully saturated rings. The first-order valence-corrected chi connectivity index (χ1v) is 13.0. The third kappa shape index (κ3) is 3.87. The number of hydrogen-bond donors (Lipinski definition) is 1. The monoisotopic (exact) mass is 494 g/mol. The molecular weight excluding hydrogens is 472 g/mol. The highest BCUT2D eigenvalue weighted by Gasteiger charge is 2.30. The fraction of sp³-hybridized carbons (Fsp3) is 0.107. The number of benzene rings is 3. The van der Waals surface area contributed by atoms with E-state index in [1.54, 1.807) is 29.3 Å². The van der Waals surface area contributed by atoms with E-state index in [-0.39, 0.29) is 5.91 Å². The lowest BCUT2D eigenvalue weighted by molar-refractivity contribution is -0.117. The zero-order valence-electron chi connectivity index (χ0n) is 19.2. The predicted octanol–water partition coefficient (Wildman–Crippen LogP) is 7.30. The standard InChI is InChI=1S/C28H22N4OS2/c1-17-19(27-31-21-11-8-16-29-28(21)35-27)9-7-10-20(17)30-26(33)18(2)32-22-12-3-5-14-24(22)34-25-15-6-4-13-23(25)32/h3-16,18H,1-2H3,(H,30,33). The number of thiazole rings is 1. The smallest absolute Gasteiger partial charge is 0.247 e. The van der Waals surface area contributed by atoms with Crippen LogP contribution in [0.1, 0.15) is 12.5 Å². The summed E-state index contributed by atoms with van der Waals surface area (Å²) in [6.07, 6.45) is 1.78. The highest BCUT2D eigenvalue weighted by molar-refractivity contribution is 7.99. The molecule has 1 aliphatic heterocycles. The second-order valence-corrected chi connectivity index (χ2v) is 10.5. The summed E-state index contributed by atoms with van der Waals surface area (Å²) < 4.78 is 0. The van der Waals surface area contributed by atoms with Crippen molar-refractivity contribution in [1.29, 1.82) is 0 Å². The number of para-hydroxylation sites is 2. The maximum absolute atomic E-state index is 13.6. The Balaban J connectivity index is 1.32. The Bertz CT molecular complexity index is 1500. The number of fused-ring (bicyclic) bond motifs is 3. The summed E-state index contributed by atoms with van der Waals surface area (Å²) in [7, 11) is 0. The van der Waals surface area contributed by atoms with E-state index in [0.717, 1.165) is 53.3 Å². The summed E-state index contributed by atoms with van der Waals surface area (Å²) in [6, 6.07) is 25.9. The van der Waals surface area contributed by atoms with Gasteiger partial charge in [0.15, 0.2) is 0 Å². The van der Waals surface area contributed by atoms with E-state index in [4.69, 9.17) is 4.98 Å². The van der Waals surface area contributed by atoms with Crippen molar-refractivity contribution in [3.05, 3.63) is 90.6 Å². The fourth-order valence-corrected chi connectivity index (χ4v) is 6.45. The van der Waals surface area contributed by atoms with Crippen LogP contribution in [0, 0.1) is 6.92 Å². The van der Waals surface area contributed by atoms with Gasteiger partial charge in [0.2, 0.25) is 5.91 Å². The van der Waals surface area contributed by atoms with Gasteiger partial charge < -0.3 is 10.2 Å². The molecule has 0 bridgehead atoms. The van der Waals surface area contributed by atoms with Gasteiger partial charge >= 0.3 is 0 Å². The van der Waals surface area contributed by atoms with Crippen LogP contribution in [0.25, 0.3) is 20.9 Å². The Labute approximate surface area is 211 Å². The number of hydrogen-bond acceptors (Lipinski definition) is 6. The minimum atomic E-state index is -0.409. The molecule has 35 heavy (non-hydrogen) atoms. The zero-order valence-corrected chi connectivity index (χ0v) is 20.9. The average Bonchev–Trinajstić information content (AvgIpc) is 3.32. The Morgan fingerprint density at radius 2 is 1.63 bits per heavy atom. The lowest BCUT2D eigenvalue weighted by atomic mass is 10.1. The van der Waals surface area contributed by atoms with Gasteiger partial charge in [-0.15, -0.1) is 0 Å². The summed E-state index contributed by atoms with van der Waals surface area (Å²) in [4.78, 5) is 28.1. The molecule has 5 aromatic rings. The molecule has 3 heterocycles. The average molecular weight is 495 g/mol. The second-order valence-electron chi connectivity index (χ2n) is 8.40. The van der Waals surface area contributed by atoms with Crippen molar-refractivity contribution in [2.45, 2.75) is 29.7 Å². The van der Waals surface area contributed by atoms with Gasteiger partial charge in [-0.1, -0.05) is 59.5 Å². The molecule has 0 radical (unpaired) electrons. The minimum Gasteiger partial charge on any atom is -0.327 e. The Morgan fingerprint density at radius 1 is 0.914 bits per heavy atom. The molecule has 3 aromatic carbocycles. The van der Waals surface area contributed by atoms with Crippen molar-refractivity contribution < 1.29 is 4.79 Å². The highest BCUT2D eigenvalue weighted by atomic mass is 32.2. The van der Waals surface area contributed by atoms with Crippen molar-refractivity contribution in [2.24, 2.45) is 0 Å². The maximum atomic E-state index is 13.6. The summed E-state index contributed by atoms with van der Waals surface area (Å²) >= 11 is 3.30. The molecule has 7 heteroatoms. The molecule has 0 spiro atoms. The number of rotatable bonds is 4. The van der Waals surface area contributed by atoms with E-state index < -0.39 is 6.04 Å². The van der Waals surface area contributed by atoms with E-state index in [2.05, 4.69) is 39.5 Å². The van der Waals surface area contributed by atoms with E-state index in [0.29, 0.717) is 0 Å². The van der Waals surface area contributed by atoms with Gasteiger partial charge in [0.1, 0.15) is 21.4 Å². The quantitative estimate of drug-likeness (QED) is 0.284. The van der Waals surface area contributed by atoms with Gasteiger partial charge in [-0.05, 0) is 61.9 Å². The summed E-state index contributed by atoms with van der Waals surface area (Å²) in [5.41, 5.74) is 5.76. The van der Waals surface area contributed by atoms with Crippen molar-refractivity contribution in [1.82, 2.24) is 9.97 Å². The molecule has 1 atom stereocenters. The van der Waals surface area contributed by atoms with Crippen LogP contribution in [0.2, 0.25) is 0 Å². The van der Waals surface area contributed by atoms with Crippen molar-refractivity contribution in [3.8, 4) is 10.6 Å². The molecule has 0 saturated heterocycles. The largest absolute Gasteiger partial charge is 0.327 e. The van der Waals surface area contributed by atoms with Gasteiger partial charge in [-0.2, -0.15) is 0 Å². The van der Waals surface area contributed by atoms with Crippen molar-refractivity contribution >= 4 is 56.4 Å². The molecule has 5 nitrogen and oxygen atoms in total. The van der Waals surface area contributed by atoms with Crippen LogP contribution in [0.5, 0.6) is 0 Å². The number of carbonyl (C=O) groups excluding carboxylic acids is 1. The minimum absolute atomic E-state index is 0.0623. The SMILES string of the molecule is Cc1c(NC(=O)C(C)N2c3ccccc3Sc3ccccc32)cccc1-c1nc2cccnc2s1. The first-order chi connectivity index (χ1) is 17.1. The van der Waals surface area contributed by atoms with Gasteiger partial charge in [-0.25, -0.2) is 9.97 Å². The number of anilines is 3. The highest BCUT2D eigenvalue weighted by Crippen LogP contribution is 2.48. The van der Waals surface area contributed by atoms with Crippen LogP contribution in [0.4, 0.5) is 17.1 Å². The first kappa shape index (κ1) is 21.8. The van der Waals surface area contributed by atoms with Crippen LogP contribution < -0.4 is 10.2 Å². The number of aromatic nitrogens is 2. The van der Waals surface area contributed by atoms with E-state index >= 15 is 0 Å². The lowest BCUT2D eigenvalue weighted by Crippen LogP contribution is -2.40. The molecule has 1 unspecified atom stereocenters. The van der Waals surface area contributed by atoms with Crippen LogP contribution in [0.15, 0.2) is 94.9 Å². The van der Waals surface area contributed by atoms with Gasteiger partial charge in [0.25, 0.3) is 0 Å². The predicted molar refractivity (Wildman–Crippen MR) is 145 cm³/mol. The number of carbonyl (C=O) groups is 1. The molecule has 1 amide bonds. The molecule has 2 aromatic heterocycles. The molecule has 1 N–H and O–H groups in total. The Kier molecular flexibility index (Phi) is 5.51.